The van der Waals surface area contributed by atoms with E-state index in [9.17, 15) is 32.7 Å². The fraction of sp³-hybridized carbons (Fsp3) is 0.532. The third-order valence-corrected chi connectivity index (χ3v) is 15.3. The number of carbonyl (C=O) groups is 5. The van der Waals surface area contributed by atoms with E-state index in [0.29, 0.717) is 53.8 Å². The van der Waals surface area contributed by atoms with Crippen molar-refractivity contribution in [3.63, 3.8) is 0 Å². The number of pyridine rings is 1. The van der Waals surface area contributed by atoms with Crippen molar-refractivity contribution in [1.82, 2.24) is 24.8 Å². The molecule has 3 saturated carbocycles. The van der Waals surface area contributed by atoms with Gasteiger partial charge in [-0.05, 0) is 68.4 Å². The number of carboxylic acid groups (broad SMARTS) is 1. The number of aliphatic carboxylic acids is 1. The number of sulfonamides is 1. The predicted octanol–water partition coefficient (Wildman–Crippen LogP) is 5.22. The molecule has 3 aromatic rings. The highest BCUT2D eigenvalue weighted by Crippen LogP contribution is 2.46. The molecule has 5 aliphatic rings. The Balaban J connectivity index is 1.16. The number of hydrogen-bond donors (Lipinski definition) is 3. The van der Waals surface area contributed by atoms with Crippen LogP contribution >= 0.6 is 0 Å². The Kier molecular flexibility index (Phi) is 11.8. The topological polar surface area (TPSA) is 202 Å². The second-order valence-corrected chi connectivity index (χ2v) is 21.1. The number of methoxy groups -OCH3 is 1. The number of nitrogens with one attached hydrogen (secondary N) is 2. The number of fused-ring (bicyclic) bond motifs is 2. The monoisotopic (exact) mass is 883 g/mol. The number of ether oxygens (including phenoxy) is 2. The Morgan fingerprint density at radius 2 is 1.71 bits per heavy atom. The molecule has 63 heavy (non-hydrogen) atoms. The third kappa shape index (κ3) is 8.87. The molecule has 3 N–H and O–H groups in total. The van der Waals surface area contributed by atoms with Crippen LogP contribution in [0.25, 0.3) is 22.2 Å². The summed E-state index contributed by atoms with van der Waals surface area (Å²) in [7, 11) is -2.40. The zero-order valence-corrected chi connectivity index (χ0v) is 37.1. The number of amides is 4. The second-order valence-electron chi connectivity index (χ2n) is 19.2. The van der Waals surface area contributed by atoms with Crippen LogP contribution in [0.1, 0.15) is 85.0 Å². The van der Waals surface area contributed by atoms with Crippen molar-refractivity contribution in [2.24, 2.45) is 23.2 Å². The van der Waals surface area contributed by atoms with Gasteiger partial charge in [0.1, 0.15) is 41.1 Å². The van der Waals surface area contributed by atoms with Crippen molar-refractivity contribution >= 4 is 50.5 Å². The maximum atomic E-state index is 15.3. The Morgan fingerprint density at radius 3 is 2.37 bits per heavy atom. The van der Waals surface area contributed by atoms with Gasteiger partial charge in [-0.1, -0.05) is 70.0 Å². The van der Waals surface area contributed by atoms with Gasteiger partial charge in [-0.15, -0.1) is 6.58 Å². The van der Waals surface area contributed by atoms with Crippen LogP contribution in [0.15, 0.2) is 67.3 Å². The first-order valence-electron chi connectivity index (χ1n) is 22.0. The van der Waals surface area contributed by atoms with Gasteiger partial charge in [-0.3, -0.25) is 23.9 Å². The van der Waals surface area contributed by atoms with Crippen molar-refractivity contribution in [2.75, 3.05) is 13.7 Å². The zero-order chi connectivity index (χ0) is 45.0. The summed E-state index contributed by atoms with van der Waals surface area (Å²) in [5.74, 6) is -4.81. The molecule has 3 heterocycles. The van der Waals surface area contributed by atoms with Gasteiger partial charge in [-0.25, -0.2) is 18.2 Å². The van der Waals surface area contributed by atoms with Crippen LogP contribution in [0.2, 0.25) is 0 Å². The Bertz CT molecular complexity index is 2430. The first-order valence-corrected chi connectivity index (χ1v) is 23.5. The van der Waals surface area contributed by atoms with E-state index >= 15 is 4.79 Å². The molecule has 15 nitrogen and oxygen atoms in total. The highest BCUT2D eigenvalue weighted by Gasteiger charge is 2.62. The van der Waals surface area contributed by atoms with E-state index in [-0.39, 0.29) is 37.8 Å². The summed E-state index contributed by atoms with van der Waals surface area (Å²) in [5, 5.41) is 13.2. The smallest absolute Gasteiger partial charge is 0.326 e. The van der Waals surface area contributed by atoms with Crippen LogP contribution in [-0.2, 0) is 34.0 Å². The van der Waals surface area contributed by atoms with Crippen molar-refractivity contribution in [3.05, 3.63) is 67.3 Å². The van der Waals surface area contributed by atoms with E-state index in [2.05, 4.69) is 16.6 Å². The van der Waals surface area contributed by atoms with Crippen LogP contribution in [-0.4, -0.2) is 107 Å². The molecular weight excluding hydrogens is 827 g/mol. The van der Waals surface area contributed by atoms with Gasteiger partial charge in [0.15, 0.2) is 0 Å². The van der Waals surface area contributed by atoms with Crippen molar-refractivity contribution < 1.29 is 47.0 Å². The molecule has 3 aliphatic carbocycles. The number of nitrogens with zero attached hydrogens (tertiary/aromatic N) is 3. The Labute approximate surface area is 368 Å². The molecule has 8 atom stereocenters. The van der Waals surface area contributed by atoms with Crippen LogP contribution in [0.4, 0.5) is 0 Å². The molecule has 0 radical (unpaired) electrons. The SMILES string of the molecule is C=C[C@@H]1C[C@]1(NC(=O)[C@@H]1C[C@@H](Oc2cc(-c3ccccc3)nc3cc(OC)ccc23)CN1C(=O)[C@H](CC(C)(C)C)C(=O)N1C(C(=O)O)CC2CCCCC21)C(=O)NS(=O)(=O)C1CC1. The molecule has 5 fully saturated rings. The maximum Gasteiger partial charge on any atom is 0.326 e. The lowest BCUT2D eigenvalue weighted by molar-refractivity contribution is -0.158. The molecule has 16 heteroatoms. The fourth-order valence-corrected chi connectivity index (χ4v) is 11.4. The quantitative estimate of drug-likeness (QED) is 0.142. The summed E-state index contributed by atoms with van der Waals surface area (Å²) in [4.78, 5) is 79.2. The highest BCUT2D eigenvalue weighted by molar-refractivity contribution is 7.91. The summed E-state index contributed by atoms with van der Waals surface area (Å²) in [6.07, 6.45) is 5.22. The minimum absolute atomic E-state index is 0.00984. The molecule has 2 aromatic carbocycles. The molecule has 8 rings (SSSR count). The number of benzene rings is 2. The van der Waals surface area contributed by atoms with E-state index in [1.807, 2.05) is 57.2 Å². The normalized spacial score (nSPS) is 27.2. The number of carbonyl (C=O) groups excluding carboxylic acids is 4. The molecule has 0 spiro atoms. The number of hydrogen-bond acceptors (Lipinski definition) is 10. The standard InChI is InChI=1S/C47H57N5O10S/c1-6-29-24-47(29,45(58)50-63(59,60)32-17-18-32)49-41(53)38-22-31(62-40-23-35(27-12-8-7-9-13-27)48-36-21-30(61-5)16-19-33(36)40)26-51(38)42(54)34(25-46(2,3)4)43(55)52-37-15-11-10-14-28(37)20-39(52)44(56)57/h6-9,12-13,16,19,21,23,28-29,31-32,34,37-39H,1,10-11,14-15,17-18,20,22,24-26H2,2-5H3,(H,49,53)(H,50,58)(H,56,57)/t28?,29-,31-,34+,37?,38+,39?,47-/m1/s1. The van der Waals surface area contributed by atoms with Crippen molar-refractivity contribution in [3.8, 4) is 22.8 Å². The summed E-state index contributed by atoms with van der Waals surface area (Å²) in [6, 6.07) is 14.1. The molecule has 3 unspecified atom stereocenters. The van der Waals surface area contributed by atoms with Crippen molar-refractivity contribution in [2.45, 2.75) is 120 Å². The van der Waals surface area contributed by atoms with E-state index < -0.39 is 85.8 Å². The van der Waals surface area contributed by atoms with E-state index in [1.54, 1.807) is 25.3 Å². The molecule has 0 bridgehead atoms. The second kappa shape index (κ2) is 16.9. The molecule has 1 aromatic heterocycles. The fourth-order valence-electron chi connectivity index (χ4n) is 10.0. The predicted molar refractivity (Wildman–Crippen MR) is 234 cm³/mol. The summed E-state index contributed by atoms with van der Waals surface area (Å²) < 4.78 is 40.3. The van der Waals surface area contributed by atoms with Gasteiger partial charge in [0.25, 0.3) is 5.91 Å². The van der Waals surface area contributed by atoms with Gasteiger partial charge in [-0.2, -0.15) is 0 Å². The lowest BCUT2D eigenvalue weighted by atomic mass is 9.82. The van der Waals surface area contributed by atoms with E-state index in [0.717, 1.165) is 24.8 Å². The molecule has 2 aliphatic heterocycles. The average molecular weight is 884 g/mol. The average Bonchev–Trinajstić information content (AvgIpc) is 4.16. The summed E-state index contributed by atoms with van der Waals surface area (Å²) >= 11 is 0. The molecular formula is C47H57N5O10S. The van der Waals surface area contributed by atoms with Crippen molar-refractivity contribution in [1.29, 1.82) is 0 Å². The van der Waals surface area contributed by atoms with Gasteiger partial charge < -0.3 is 29.7 Å². The van der Waals surface area contributed by atoms with Gasteiger partial charge in [0, 0.05) is 41.5 Å². The number of aromatic nitrogens is 1. The minimum Gasteiger partial charge on any atom is -0.497 e. The molecule has 4 amide bonds. The lowest BCUT2D eigenvalue weighted by Gasteiger charge is -2.38. The Hall–Kier alpha value is -5.51. The first-order chi connectivity index (χ1) is 29.9. The lowest BCUT2D eigenvalue weighted by Crippen LogP contribution is -2.58. The zero-order valence-electron chi connectivity index (χ0n) is 36.2. The highest BCUT2D eigenvalue weighted by atomic mass is 32.2. The van der Waals surface area contributed by atoms with Crippen LogP contribution in [0, 0.1) is 23.2 Å². The minimum atomic E-state index is -3.96. The van der Waals surface area contributed by atoms with Crippen LogP contribution < -0.4 is 19.5 Å². The van der Waals surface area contributed by atoms with Gasteiger partial charge in [0.05, 0.1) is 30.1 Å². The Morgan fingerprint density at radius 1 is 0.984 bits per heavy atom. The molecule has 2 saturated heterocycles. The molecule has 336 valence electrons. The van der Waals surface area contributed by atoms with Crippen LogP contribution in [0.5, 0.6) is 11.5 Å². The maximum absolute atomic E-state index is 15.3. The van der Waals surface area contributed by atoms with Gasteiger partial charge >= 0.3 is 5.97 Å². The number of carboxylic acids is 1. The van der Waals surface area contributed by atoms with Crippen LogP contribution in [0.3, 0.4) is 0 Å². The van der Waals surface area contributed by atoms with Gasteiger partial charge in [0.2, 0.25) is 27.7 Å². The number of rotatable bonds is 14. The first kappa shape index (κ1) is 44.1. The largest absolute Gasteiger partial charge is 0.497 e. The summed E-state index contributed by atoms with van der Waals surface area (Å²) in [5.41, 5.74) is -0.175. The number of likely N-dealkylation sites (tertiary alicyclic amines) is 2. The third-order valence-electron chi connectivity index (χ3n) is 13.5. The van der Waals surface area contributed by atoms with E-state index in [4.69, 9.17) is 14.5 Å². The van der Waals surface area contributed by atoms with E-state index in [1.165, 1.54) is 15.9 Å². The summed E-state index contributed by atoms with van der Waals surface area (Å²) in [6.45, 7) is 9.39.